The smallest absolute Gasteiger partial charge is 0.224 e. The van der Waals surface area contributed by atoms with Crippen molar-refractivity contribution in [2.45, 2.75) is 25.9 Å². The lowest BCUT2D eigenvalue weighted by Gasteiger charge is -2.15. The average Bonchev–Trinajstić information content (AvgIpc) is 2.53. The van der Waals surface area contributed by atoms with Crippen molar-refractivity contribution in [3.8, 4) is 5.75 Å². The predicted molar refractivity (Wildman–Crippen MR) is 84.0 cm³/mol. The first-order valence-electron chi connectivity index (χ1n) is 7.36. The summed E-state index contributed by atoms with van der Waals surface area (Å²) in [6.07, 6.45) is 1.36. The highest BCUT2D eigenvalue weighted by atomic mass is 16.5. The van der Waals surface area contributed by atoms with E-state index in [2.05, 4.69) is 5.32 Å². The number of benzene rings is 2. The van der Waals surface area contributed by atoms with Crippen molar-refractivity contribution in [1.82, 2.24) is 0 Å². The summed E-state index contributed by atoms with van der Waals surface area (Å²) in [5.74, 6) is 0.623. The lowest BCUT2D eigenvalue weighted by atomic mass is 10.0. The Labute approximate surface area is 129 Å². The first kappa shape index (κ1) is 14.3. The van der Waals surface area contributed by atoms with E-state index in [-0.39, 0.29) is 11.7 Å². The van der Waals surface area contributed by atoms with Gasteiger partial charge in [-0.15, -0.1) is 0 Å². The molecule has 4 nitrogen and oxygen atoms in total. The normalized spacial score (nSPS) is 14.5. The van der Waals surface area contributed by atoms with Crippen LogP contribution in [0.1, 0.15) is 35.2 Å². The number of Topliss-reactive ketones (excluding diaryl/α,β-unsaturated/α-hetero) is 1. The average molecular weight is 295 g/mol. The van der Waals surface area contributed by atoms with E-state index in [4.69, 9.17) is 4.74 Å². The minimum atomic E-state index is -0.0493. The summed E-state index contributed by atoms with van der Waals surface area (Å²) in [6, 6.07) is 15.1. The van der Waals surface area contributed by atoms with Crippen LogP contribution in [0.3, 0.4) is 0 Å². The molecule has 1 aliphatic rings. The second kappa shape index (κ2) is 6.43. The number of ether oxygens (including phenoxy) is 1. The molecule has 1 heterocycles. The highest BCUT2D eigenvalue weighted by Crippen LogP contribution is 2.26. The first-order chi connectivity index (χ1) is 10.7. The van der Waals surface area contributed by atoms with Crippen LogP contribution in [0.5, 0.6) is 5.75 Å². The van der Waals surface area contributed by atoms with E-state index in [1.807, 2.05) is 30.3 Å². The van der Waals surface area contributed by atoms with Gasteiger partial charge in [-0.05, 0) is 30.2 Å². The number of hydrogen-bond donors (Lipinski definition) is 1. The molecule has 0 aliphatic carbocycles. The van der Waals surface area contributed by atoms with Crippen molar-refractivity contribution in [2.24, 2.45) is 0 Å². The van der Waals surface area contributed by atoms with Gasteiger partial charge < -0.3 is 10.1 Å². The molecule has 0 saturated heterocycles. The number of amides is 1. The zero-order valence-corrected chi connectivity index (χ0v) is 12.2. The topological polar surface area (TPSA) is 55.4 Å². The fraction of sp³-hybridized carbons (Fsp3) is 0.222. The lowest BCUT2D eigenvalue weighted by Crippen LogP contribution is -2.18. The number of nitrogens with one attached hydrogen (secondary N) is 1. The van der Waals surface area contributed by atoms with E-state index in [1.165, 1.54) is 0 Å². The minimum Gasteiger partial charge on any atom is -0.489 e. The van der Waals surface area contributed by atoms with Gasteiger partial charge in [-0.3, -0.25) is 9.59 Å². The molecule has 2 aromatic rings. The van der Waals surface area contributed by atoms with Crippen LogP contribution in [0.2, 0.25) is 0 Å². The van der Waals surface area contributed by atoms with E-state index < -0.39 is 0 Å². The van der Waals surface area contributed by atoms with Gasteiger partial charge in [-0.25, -0.2) is 0 Å². The van der Waals surface area contributed by atoms with Crippen molar-refractivity contribution in [2.75, 3.05) is 5.32 Å². The summed E-state index contributed by atoms with van der Waals surface area (Å²) >= 11 is 0. The van der Waals surface area contributed by atoms with Crippen LogP contribution in [0.15, 0.2) is 48.5 Å². The Balaban J connectivity index is 1.79. The maximum atomic E-state index is 12.2. The zero-order chi connectivity index (χ0) is 15.4. The molecule has 4 heteroatoms. The zero-order valence-electron chi connectivity index (χ0n) is 12.2. The van der Waals surface area contributed by atoms with Crippen molar-refractivity contribution in [3.05, 3.63) is 59.7 Å². The second-order valence-electron chi connectivity index (χ2n) is 5.31. The van der Waals surface area contributed by atoms with Gasteiger partial charge in [0.2, 0.25) is 5.91 Å². The van der Waals surface area contributed by atoms with Crippen LogP contribution in [0.4, 0.5) is 5.69 Å². The number of anilines is 1. The molecule has 0 saturated carbocycles. The number of carbonyl (C=O) groups is 2. The maximum absolute atomic E-state index is 12.2. The fourth-order valence-electron chi connectivity index (χ4n) is 2.45. The van der Waals surface area contributed by atoms with Crippen LogP contribution in [0.25, 0.3) is 0 Å². The van der Waals surface area contributed by atoms with Crippen LogP contribution in [0, 0.1) is 0 Å². The van der Waals surface area contributed by atoms with E-state index in [1.54, 1.807) is 18.2 Å². The van der Waals surface area contributed by atoms with Crippen molar-refractivity contribution in [3.63, 3.8) is 0 Å². The Bertz CT molecular complexity index is 695. The minimum absolute atomic E-state index is 0.0418. The standard InChI is InChI=1S/C18H17NO3/c20-17-7-4-8-18(21)19-16-10-9-14(11-15(16)17)22-12-13-5-2-1-3-6-13/h1-3,5-6,9-11H,4,7-8,12H2,(H,19,21). The Kier molecular flexibility index (Phi) is 4.19. The number of rotatable bonds is 3. The molecule has 1 amide bonds. The molecule has 1 N–H and O–H groups in total. The highest BCUT2D eigenvalue weighted by molar-refractivity contribution is 6.06. The van der Waals surface area contributed by atoms with Gasteiger partial charge in [0.15, 0.2) is 5.78 Å². The molecule has 0 bridgehead atoms. The summed E-state index contributed by atoms with van der Waals surface area (Å²) in [4.78, 5) is 23.8. The van der Waals surface area contributed by atoms with Crippen molar-refractivity contribution < 1.29 is 14.3 Å². The van der Waals surface area contributed by atoms with Gasteiger partial charge in [0.25, 0.3) is 0 Å². The summed E-state index contributed by atoms with van der Waals surface area (Å²) in [7, 11) is 0. The summed E-state index contributed by atoms with van der Waals surface area (Å²) in [6.45, 7) is 0.445. The van der Waals surface area contributed by atoms with E-state index in [0.29, 0.717) is 42.9 Å². The Morgan fingerprint density at radius 1 is 1.00 bits per heavy atom. The Hall–Kier alpha value is -2.62. The summed E-state index contributed by atoms with van der Waals surface area (Å²) < 4.78 is 5.74. The molecular formula is C18H17NO3. The van der Waals surface area contributed by atoms with E-state index in [0.717, 1.165) is 5.56 Å². The molecule has 112 valence electrons. The third-order valence-corrected chi connectivity index (χ3v) is 3.62. The molecule has 0 aromatic heterocycles. The predicted octanol–water partition coefficient (Wildman–Crippen LogP) is 3.57. The summed E-state index contributed by atoms with van der Waals surface area (Å²) in [5.41, 5.74) is 2.16. The molecule has 3 rings (SSSR count). The quantitative estimate of drug-likeness (QED) is 0.941. The van der Waals surface area contributed by atoms with Gasteiger partial charge >= 0.3 is 0 Å². The van der Waals surface area contributed by atoms with Crippen LogP contribution < -0.4 is 10.1 Å². The largest absolute Gasteiger partial charge is 0.489 e. The molecule has 0 fully saturated rings. The monoisotopic (exact) mass is 295 g/mol. The number of hydrogen-bond acceptors (Lipinski definition) is 3. The van der Waals surface area contributed by atoms with Gasteiger partial charge in [-0.1, -0.05) is 30.3 Å². The van der Waals surface area contributed by atoms with Gasteiger partial charge in [0, 0.05) is 18.4 Å². The van der Waals surface area contributed by atoms with Gasteiger partial charge in [-0.2, -0.15) is 0 Å². The van der Waals surface area contributed by atoms with E-state index in [9.17, 15) is 9.59 Å². The second-order valence-corrected chi connectivity index (χ2v) is 5.31. The number of fused-ring (bicyclic) bond motifs is 1. The molecule has 0 unspecified atom stereocenters. The van der Waals surface area contributed by atoms with Crippen LogP contribution in [-0.2, 0) is 11.4 Å². The van der Waals surface area contributed by atoms with Crippen LogP contribution in [-0.4, -0.2) is 11.7 Å². The van der Waals surface area contributed by atoms with Gasteiger partial charge in [0.1, 0.15) is 12.4 Å². The molecule has 22 heavy (non-hydrogen) atoms. The van der Waals surface area contributed by atoms with E-state index >= 15 is 0 Å². The SMILES string of the molecule is O=C1CCCC(=O)c2cc(OCc3ccccc3)ccc2N1. The number of ketones is 1. The molecule has 2 aromatic carbocycles. The van der Waals surface area contributed by atoms with Crippen LogP contribution >= 0.6 is 0 Å². The third kappa shape index (κ3) is 3.34. The Morgan fingerprint density at radius 3 is 2.64 bits per heavy atom. The molecule has 0 atom stereocenters. The fourth-order valence-corrected chi connectivity index (χ4v) is 2.45. The first-order valence-corrected chi connectivity index (χ1v) is 7.36. The van der Waals surface area contributed by atoms with Crippen molar-refractivity contribution >= 4 is 17.4 Å². The third-order valence-electron chi connectivity index (χ3n) is 3.62. The highest BCUT2D eigenvalue weighted by Gasteiger charge is 2.18. The number of carbonyl (C=O) groups excluding carboxylic acids is 2. The Morgan fingerprint density at radius 2 is 1.82 bits per heavy atom. The summed E-state index contributed by atoms with van der Waals surface area (Å²) in [5, 5.41) is 2.78. The van der Waals surface area contributed by atoms with Crippen molar-refractivity contribution in [1.29, 1.82) is 0 Å². The van der Waals surface area contributed by atoms with Gasteiger partial charge in [0.05, 0.1) is 5.69 Å². The lowest BCUT2D eigenvalue weighted by molar-refractivity contribution is -0.116. The molecule has 0 spiro atoms. The molecular weight excluding hydrogens is 278 g/mol. The molecule has 0 radical (unpaired) electrons. The maximum Gasteiger partial charge on any atom is 0.224 e. The molecule has 1 aliphatic heterocycles.